The molecule has 19 heavy (non-hydrogen) atoms. The van der Waals surface area contributed by atoms with Gasteiger partial charge in [0.1, 0.15) is 0 Å². The minimum atomic E-state index is -4.27. The summed E-state index contributed by atoms with van der Waals surface area (Å²) in [6.07, 6.45) is -3.53. The Kier molecular flexibility index (Phi) is 4.66. The minimum Gasteiger partial charge on any atom is -0.348 e. The molecule has 4 heteroatoms. The van der Waals surface area contributed by atoms with Crippen molar-refractivity contribution in [3.8, 4) is 0 Å². The Bertz CT molecular complexity index is 565. The third kappa shape index (κ3) is 2.77. The smallest absolute Gasteiger partial charge is 0.348 e. The maximum absolute atomic E-state index is 12.7. The lowest BCUT2D eigenvalue weighted by Crippen LogP contribution is -2.04. The van der Waals surface area contributed by atoms with Crippen LogP contribution >= 0.6 is 0 Å². The lowest BCUT2D eigenvalue weighted by atomic mass is 10.1. The van der Waals surface area contributed by atoms with E-state index in [4.69, 9.17) is 0 Å². The molecule has 0 radical (unpaired) electrons. The van der Waals surface area contributed by atoms with Crippen LogP contribution in [-0.2, 0) is 19.6 Å². The number of rotatable bonds is 1. The van der Waals surface area contributed by atoms with E-state index in [9.17, 15) is 13.2 Å². The third-order valence-corrected chi connectivity index (χ3v) is 3.30. The number of aryl methyl sites for hydroxylation is 2. The van der Waals surface area contributed by atoms with Gasteiger partial charge in [0, 0.05) is 23.6 Å². The number of hydrogen-bond donors (Lipinski definition) is 0. The van der Waals surface area contributed by atoms with Crippen molar-refractivity contribution in [3.05, 3.63) is 35.0 Å². The first-order valence-electron chi connectivity index (χ1n) is 6.51. The van der Waals surface area contributed by atoms with E-state index >= 15 is 0 Å². The predicted molar refractivity (Wildman–Crippen MR) is 73.4 cm³/mol. The fraction of sp³-hybridized carbons (Fsp3) is 0.467. The summed E-state index contributed by atoms with van der Waals surface area (Å²) in [4.78, 5) is 0. The SMILES string of the molecule is CC.CCc1c(C)n(C)c2ccc(C(F)(F)F)cc12. The zero-order valence-electron chi connectivity index (χ0n) is 12.0. The molecular formula is C15H20F3N. The number of hydrogen-bond acceptors (Lipinski definition) is 0. The van der Waals surface area contributed by atoms with Crippen LogP contribution in [0.25, 0.3) is 10.9 Å². The first kappa shape index (κ1) is 15.6. The van der Waals surface area contributed by atoms with Gasteiger partial charge >= 0.3 is 6.18 Å². The van der Waals surface area contributed by atoms with E-state index in [1.807, 2.05) is 39.3 Å². The van der Waals surface area contributed by atoms with Crippen molar-refractivity contribution in [2.24, 2.45) is 7.05 Å². The van der Waals surface area contributed by atoms with Crippen LogP contribution in [0.2, 0.25) is 0 Å². The van der Waals surface area contributed by atoms with Crippen molar-refractivity contribution >= 4 is 10.9 Å². The quantitative estimate of drug-likeness (QED) is 0.680. The summed E-state index contributed by atoms with van der Waals surface area (Å²) in [6, 6.07) is 3.94. The first-order valence-corrected chi connectivity index (χ1v) is 6.51. The van der Waals surface area contributed by atoms with Crippen LogP contribution in [-0.4, -0.2) is 4.57 Å². The molecule has 0 atom stereocenters. The molecule has 0 spiro atoms. The number of fused-ring (bicyclic) bond motifs is 1. The zero-order valence-corrected chi connectivity index (χ0v) is 12.0. The number of benzene rings is 1. The van der Waals surface area contributed by atoms with Gasteiger partial charge in [-0.3, -0.25) is 0 Å². The highest BCUT2D eigenvalue weighted by Gasteiger charge is 2.31. The zero-order chi connectivity index (χ0) is 14.8. The number of alkyl halides is 3. The van der Waals surface area contributed by atoms with Crippen LogP contribution in [0.1, 0.15) is 37.6 Å². The molecule has 0 saturated carbocycles. The van der Waals surface area contributed by atoms with E-state index in [1.165, 1.54) is 6.07 Å². The van der Waals surface area contributed by atoms with Crippen molar-refractivity contribution in [2.75, 3.05) is 0 Å². The molecule has 0 amide bonds. The molecule has 1 aromatic heterocycles. The van der Waals surface area contributed by atoms with E-state index in [0.29, 0.717) is 5.39 Å². The van der Waals surface area contributed by atoms with Gasteiger partial charge in [0.2, 0.25) is 0 Å². The van der Waals surface area contributed by atoms with Crippen molar-refractivity contribution in [1.29, 1.82) is 0 Å². The maximum Gasteiger partial charge on any atom is 0.416 e. The highest BCUT2D eigenvalue weighted by molar-refractivity contribution is 5.86. The van der Waals surface area contributed by atoms with Crippen molar-refractivity contribution in [3.63, 3.8) is 0 Å². The fourth-order valence-electron chi connectivity index (χ4n) is 2.27. The second kappa shape index (κ2) is 5.68. The van der Waals surface area contributed by atoms with Crippen LogP contribution in [0.4, 0.5) is 13.2 Å². The lowest BCUT2D eigenvalue weighted by Gasteiger charge is -2.07. The molecule has 106 valence electrons. The summed E-state index contributed by atoms with van der Waals surface area (Å²) in [7, 11) is 1.88. The van der Waals surface area contributed by atoms with Crippen LogP contribution < -0.4 is 0 Å². The molecule has 0 aliphatic rings. The van der Waals surface area contributed by atoms with Gasteiger partial charge in [-0.25, -0.2) is 0 Å². The summed E-state index contributed by atoms with van der Waals surface area (Å²) >= 11 is 0. The van der Waals surface area contributed by atoms with E-state index in [2.05, 4.69) is 0 Å². The molecule has 1 heterocycles. The average molecular weight is 271 g/mol. The second-order valence-electron chi connectivity index (χ2n) is 4.21. The third-order valence-electron chi connectivity index (χ3n) is 3.30. The van der Waals surface area contributed by atoms with Gasteiger partial charge in [-0.1, -0.05) is 20.8 Å². The largest absolute Gasteiger partial charge is 0.416 e. The molecule has 2 rings (SSSR count). The standard InChI is InChI=1S/C13H14F3N.C2H6/c1-4-10-8(2)17(3)12-6-5-9(7-11(10)12)13(14,15)16;1-2/h5-7H,4H2,1-3H3;1-2H3. The van der Waals surface area contributed by atoms with Crippen molar-refractivity contribution < 1.29 is 13.2 Å². The maximum atomic E-state index is 12.7. The Morgan fingerprint density at radius 2 is 1.74 bits per heavy atom. The van der Waals surface area contributed by atoms with E-state index in [0.717, 1.165) is 29.3 Å². The van der Waals surface area contributed by atoms with Crippen LogP contribution in [0, 0.1) is 6.92 Å². The van der Waals surface area contributed by atoms with Gasteiger partial charge in [-0.2, -0.15) is 13.2 Å². The number of aromatic nitrogens is 1. The normalized spacial score (nSPS) is 11.4. The highest BCUT2D eigenvalue weighted by Crippen LogP contribution is 2.34. The Morgan fingerprint density at radius 3 is 2.21 bits per heavy atom. The molecule has 0 aliphatic carbocycles. The summed E-state index contributed by atoms with van der Waals surface area (Å²) in [6.45, 7) is 7.90. The lowest BCUT2D eigenvalue weighted by molar-refractivity contribution is -0.137. The van der Waals surface area contributed by atoms with Gasteiger partial charge in [0.25, 0.3) is 0 Å². The fourth-order valence-corrected chi connectivity index (χ4v) is 2.27. The molecule has 0 bridgehead atoms. The molecule has 1 nitrogen and oxygen atoms in total. The Labute approximate surface area is 112 Å². The monoisotopic (exact) mass is 271 g/mol. The van der Waals surface area contributed by atoms with E-state index < -0.39 is 11.7 Å². The predicted octanol–water partition coefficient (Wildman–Crippen LogP) is 5.09. The molecule has 0 fully saturated rings. The molecule has 0 N–H and O–H groups in total. The van der Waals surface area contributed by atoms with Gasteiger partial charge in [-0.05, 0) is 37.1 Å². The highest BCUT2D eigenvalue weighted by atomic mass is 19.4. The topological polar surface area (TPSA) is 4.93 Å². The van der Waals surface area contributed by atoms with Gasteiger partial charge in [0.15, 0.2) is 0 Å². The molecule has 2 aromatic rings. The van der Waals surface area contributed by atoms with Crippen molar-refractivity contribution in [1.82, 2.24) is 4.57 Å². The first-order chi connectivity index (χ1) is 8.86. The van der Waals surface area contributed by atoms with Crippen molar-refractivity contribution in [2.45, 2.75) is 40.3 Å². The molecule has 0 saturated heterocycles. The molecule has 0 unspecified atom stereocenters. The molecule has 0 aliphatic heterocycles. The van der Waals surface area contributed by atoms with Gasteiger partial charge < -0.3 is 4.57 Å². The molecule has 1 aromatic carbocycles. The average Bonchev–Trinajstić information content (AvgIpc) is 2.63. The Hall–Kier alpha value is -1.45. The Morgan fingerprint density at radius 1 is 1.16 bits per heavy atom. The summed E-state index contributed by atoms with van der Waals surface area (Å²) in [5.41, 5.74) is 2.30. The summed E-state index contributed by atoms with van der Waals surface area (Å²) < 4.78 is 39.9. The second-order valence-corrected chi connectivity index (χ2v) is 4.21. The summed E-state index contributed by atoms with van der Waals surface area (Å²) in [5.74, 6) is 0. The van der Waals surface area contributed by atoms with Gasteiger partial charge in [-0.15, -0.1) is 0 Å². The summed E-state index contributed by atoms with van der Waals surface area (Å²) in [5, 5.41) is 0.710. The van der Waals surface area contributed by atoms with Gasteiger partial charge in [0.05, 0.1) is 5.56 Å². The van der Waals surface area contributed by atoms with E-state index in [1.54, 1.807) is 6.07 Å². The van der Waals surface area contributed by atoms with Crippen LogP contribution in [0.3, 0.4) is 0 Å². The van der Waals surface area contributed by atoms with Crippen LogP contribution in [0.15, 0.2) is 18.2 Å². The number of nitrogens with zero attached hydrogens (tertiary/aromatic N) is 1. The van der Waals surface area contributed by atoms with E-state index in [-0.39, 0.29) is 0 Å². The Balaban J connectivity index is 0.000000861. The minimum absolute atomic E-state index is 0.578. The molecular weight excluding hydrogens is 251 g/mol. The van der Waals surface area contributed by atoms with Crippen LogP contribution in [0.5, 0.6) is 0 Å². The number of halogens is 3.